The van der Waals surface area contributed by atoms with Gasteiger partial charge in [-0.05, 0) is 6.42 Å². The molecule has 0 aromatic carbocycles. The van der Waals surface area contributed by atoms with Crippen molar-refractivity contribution in [2.45, 2.75) is 13.3 Å². The van der Waals surface area contributed by atoms with Gasteiger partial charge in [-0.15, -0.1) is 6.58 Å². The maximum atomic E-state index is 11.2. The Kier molecular flexibility index (Phi) is 6.38. The normalized spacial score (nSPS) is 9.50. The molecule has 0 rings (SSSR count). The summed E-state index contributed by atoms with van der Waals surface area (Å²) in [6, 6.07) is 0. The fraction of sp³-hybridized carbons (Fsp3) is 0.667. The van der Waals surface area contributed by atoms with E-state index in [1.165, 1.54) is 0 Å². The summed E-state index contributed by atoms with van der Waals surface area (Å²) in [6.07, 6.45) is 2.75. The van der Waals surface area contributed by atoms with Crippen LogP contribution in [-0.2, 0) is 4.79 Å². The van der Waals surface area contributed by atoms with Gasteiger partial charge in [0.15, 0.2) is 0 Å². The molecule has 0 spiro atoms. The van der Waals surface area contributed by atoms with Gasteiger partial charge in [0, 0.05) is 20.1 Å². The van der Waals surface area contributed by atoms with E-state index in [0.29, 0.717) is 13.1 Å². The number of hydrogen-bond donors (Lipinski definition) is 1. The van der Waals surface area contributed by atoms with Gasteiger partial charge in [-0.3, -0.25) is 4.79 Å². The van der Waals surface area contributed by atoms with Gasteiger partial charge >= 0.3 is 0 Å². The van der Waals surface area contributed by atoms with E-state index < -0.39 is 0 Å². The molecule has 0 bridgehead atoms. The molecule has 0 aliphatic rings. The van der Waals surface area contributed by atoms with Crippen LogP contribution in [0.25, 0.3) is 0 Å². The van der Waals surface area contributed by atoms with Gasteiger partial charge in [0.05, 0.1) is 6.54 Å². The molecule has 0 saturated carbocycles. The van der Waals surface area contributed by atoms with Crippen LogP contribution >= 0.6 is 0 Å². The molecule has 0 radical (unpaired) electrons. The first kappa shape index (κ1) is 11.2. The molecule has 0 unspecified atom stereocenters. The number of nitrogens with zero attached hydrogens (tertiary/aromatic N) is 1. The summed E-state index contributed by atoms with van der Waals surface area (Å²) in [4.78, 5) is 13.0. The minimum absolute atomic E-state index is 0.138. The standard InChI is InChI=1S/C9H18N2O/c1-4-6-10-8-9(12)11(3)7-5-2/h4,10H,1,5-8H2,2-3H3. The molecule has 0 aliphatic carbocycles. The van der Waals surface area contributed by atoms with E-state index in [1.807, 2.05) is 7.05 Å². The third-order valence-electron chi connectivity index (χ3n) is 1.55. The Morgan fingerprint density at radius 3 is 2.83 bits per heavy atom. The quantitative estimate of drug-likeness (QED) is 0.468. The lowest BCUT2D eigenvalue weighted by Crippen LogP contribution is -2.35. The summed E-state index contributed by atoms with van der Waals surface area (Å²) in [5, 5.41) is 2.96. The zero-order valence-electron chi connectivity index (χ0n) is 7.97. The third kappa shape index (κ3) is 4.91. The number of nitrogens with one attached hydrogen (secondary N) is 1. The highest BCUT2D eigenvalue weighted by Gasteiger charge is 2.04. The Bertz CT molecular complexity index is 145. The number of amides is 1. The van der Waals surface area contributed by atoms with Crippen LogP contribution in [0.15, 0.2) is 12.7 Å². The molecule has 0 aliphatic heterocycles. The van der Waals surface area contributed by atoms with Crippen molar-refractivity contribution in [3.8, 4) is 0 Å². The minimum atomic E-state index is 0.138. The molecule has 0 atom stereocenters. The first-order chi connectivity index (χ1) is 5.72. The molecule has 1 N–H and O–H groups in total. The van der Waals surface area contributed by atoms with E-state index in [2.05, 4.69) is 18.8 Å². The van der Waals surface area contributed by atoms with Crippen molar-refractivity contribution < 1.29 is 4.79 Å². The first-order valence-corrected chi connectivity index (χ1v) is 4.28. The fourth-order valence-corrected chi connectivity index (χ4v) is 0.876. The zero-order chi connectivity index (χ0) is 9.40. The molecule has 1 amide bonds. The smallest absolute Gasteiger partial charge is 0.236 e. The van der Waals surface area contributed by atoms with E-state index in [1.54, 1.807) is 11.0 Å². The highest BCUT2D eigenvalue weighted by molar-refractivity contribution is 5.77. The van der Waals surface area contributed by atoms with Gasteiger partial charge < -0.3 is 10.2 Å². The average Bonchev–Trinajstić information content (AvgIpc) is 2.05. The largest absolute Gasteiger partial charge is 0.345 e. The van der Waals surface area contributed by atoms with Crippen LogP contribution in [-0.4, -0.2) is 37.5 Å². The van der Waals surface area contributed by atoms with Crippen molar-refractivity contribution in [2.24, 2.45) is 0 Å². The Morgan fingerprint density at radius 1 is 1.67 bits per heavy atom. The second-order valence-electron chi connectivity index (χ2n) is 2.73. The summed E-state index contributed by atoms with van der Waals surface area (Å²) in [5.41, 5.74) is 0. The van der Waals surface area contributed by atoms with Crippen molar-refractivity contribution in [3.63, 3.8) is 0 Å². The predicted octanol–water partition coefficient (Wildman–Crippen LogP) is 0.630. The molecule has 0 heterocycles. The zero-order valence-corrected chi connectivity index (χ0v) is 7.97. The predicted molar refractivity (Wildman–Crippen MR) is 51.0 cm³/mol. The summed E-state index contributed by atoms with van der Waals surface area (Å²) in [5.74, 6) is 0.138. The van der Waals surface area contributed by atoms with Crippen LogP contribution in [0.2, 0.25) is 0 Å². The second-order valence-corrected chi connectivity index (χ2v) is 2.73. The third-order valence-corrected chi connectivity index (χ3v) is 1.55. The SMILES string of the molecule is C=CCNCC(=O)N(C)CCC. The lowest BCUT2D eigenvalue weighted by Gasteiger charge is -2.15. The van der Waals surface area contributed by atoms with E-state index >= 15 is 0 Å². The molecule has 3 nitrogen and oxygen atoms in total. The summed E-state index contributed by atoms with van der Waals surface area (Å²) in [7, 11) is 1.82. The summed E-state index contributed by atoms with van der Waals surface area (Å²) in [6.45, 7) is 7.53. The number of hydrogen-bond acceptors (Lipinski definition) is 2. The minimum Gasteiger partial charge on any atom is -0.345 e. The molecule has 0 fully saturated rings. The van der Waals surface area contributed by atoms with E-state index in [-0.39, 0.29) is 5.91 Å². The van der Waals surface area contributed by atoms with Gasteiger partial charge in [0.2, 0.25) is 5.91 Å². The van der Waals surface area contributed by atoms with Crippen molar-refractivity contribution in [2.75, 3.05) is 26.7 Å². The molecule has 0 aromatic rings. The Labute approximate surface area is 74.4 Å². The lowest BCUT2D eigenvalue weighted by molar-refractivity contribution is -0.128. The van der Waals surface area contributed by atoms with Gasteiger partial charge in [0.1, 0.15) is 0 Å². The Hall–Kier alpha value is -0.830. The van der Waals surface area contributed by atoms with Gasteiger partial charge in [-0.25, -0.2) is 0 Å². The van der Waals surface area contributed by atoms with Crippen molar-refractivity contribution >= 4 is 5.91 Å². The molecule has 0 saturated heterocycles. The molecule has 3 heteroatoms. The number of carbonyl (C=O) groups is 1. The van der Waals surface area contributed by atoms with Crippen molar-refractivity contribution in [1.29, 1.82) is 0 Å². The van der Waals surface area contributed by atoms with Gasteiger partial charge in [-0.1, -0.05) is 13.0 Å². The monoisotopic (exact) mass is 170 g/mol. The maximum Gasteiger partial charge on any atom is 0.236 e. The van der Waals surface area contributed by atoms with Gasteiger partial charge in [0.25, 0.3) is 0 Å². The van der Waals surface area contributed by atoms with Crippen LogP contribution < -0.4 is 5.32 Å². The van der Waals surface area contributed by atoms with E-state index in [9.17, 15) is 4.79 Å². The summed E-state index contributed by atoms with van der Waals surface area (Å²) < 4.78 is 0. The lowest BCUT2D eigenvalue weighted by atomic mass is 10.4. The van der Waals surface area contributed by atoms with Crippen LogP contribution in [0.1, 0.15) is 13.3 Å². The highest BCUT2D eigenvalue weighted by atomic mass is 16.2. The molecular weight excluding hydrogens is 152 g/mol. The fourth-order valence-electron chi connectivity index (χ4n) is 0.876. The Morgan fingerprint density at radius 2 is 2.33 bits per heavy atom. The molecule has 0 aromatic heterocycles. The van der Waals surface area contributed by atoms with Gasteiger partial charge in [-0.2, -0.15) is 0 Å². The number of rotatable bonds is 6. The van der Waals surface area contributed by atoms with E-state index in [0.717, 1.165) is 13.0 Å². The van der Waals surface area contributed by atoms with Crippen LogP contribution in [0, 0.1) is 0 Å². The average molecular weight is 170 g/mol. The van der Waals surface area contributed by atoms with E-state index in [4.69, 9.17) is 0 Å². The number of carbonyl (C=O) groups excluding carboxylic acids is 1. The van der Waals surface area contributed by atoms with Crippen LogP contribution in [0.4, 0.5) is 0 Å². The van der Waals surface area contributed by atoms with Crippen LogP contribution in [0.3, 0.4) is 0 Å². The highest BCUT2D eigenvalue weighted by Crippen LogP contribution is 1.86. The molecular formula is C9H18N2O. The topological polar surface area (TPSA) is 32.3 Å². The second kappa shape index (κ2) is 6.85. The maximum absolute atomic E-state index is 11.2. The van der Waals surface area contributed by atoms with Crippen molar-refractivity contribution in [1.82, 2.24) is 10.2 Å². The number of likely N-dealkylation sites (N-methyl/N-ethyl adjacent to an activating group) is 1. The summed E-state index contributed by atoms with van der Waals surface area (Å²) >= 11 is 0. The van der Waals surface area contributed by atoms with Crippen LogP contribution in [0.5, 0.6) is 0 Å². The molecule has 12 heavy (non-hydrogen) atoms. The Balaban J connectivity index is 3.49. The van der Waals surface area contributed by atoms with Crippen molar-refractivity contribution in [3.05, 3.63) is 12.7 Å². The first-order valence-electron chi connectivity index (χ1n) is 4.28. The molecule has 70 valence electrons.